The molecule has 0 radical (unpaired) electrons. The van der Waals surface area contributed by atoms with Crippen LogP contribution >= 0.6 is 11.3 Å². The number of anilines is 1. The second-order valence-corrected chi connectivity index (χ2v) is 8.99. The fraction of sp³-hybridized carbons (Fsp3) is 0.318. The van der Waals surface area contributed by atoms with Crippen LogP contribution in [-0.4, -0.2) is 11.6 Å². The SMILES string of the molecule is CC(C)(C)CCOc1cccc(-c2sc(N)nc2-c2ccccc2C(F)(F)F)c1. The van der Waals surface area contributed by atoms with E-state index in [1.165, 1.54) is 12.1 Å². The Morgan fingerprint density at radius 1 is 1.03 bits per heavy atom. The molecule has 2 aromatic carbocycles. The highest BCUT2D eigenvalue weighted by Gasteiger charge is 2.34. The predicted molar refractivity (Wildman–Crippen MR) is 112 cm³/mol. The van der Waals surface area contributed by atoms with E-state index in [0.29, 0.717) is 17.2 Å². The molecule has 0 aliphatic rings. The van der Waals surface area contributed by atoms with Gasteiger partial charge in [0.25, 0.3) is 0 Å². The van der Waals surface area contributed by atoms with Crippen LogP contribution in [0.4, 0.5) is 18.3 Å². The first-order chi connectivity index (χ1) is 13.5. The Bertz CT molecular complexity index is 990. The van der Waals surface area contributed by atoms with Crippen LogP contribution in [0.25, 0.3) is 21.7 Å². The first-order valence-corrected chi connectivity index (χ1v) is 10.0. The van der Waals surface area contributed by atoms with E-state index in [9.17, 15) is 13.2 Å². The Labute approximate surface area is 172 Å². The number of aromatic nitrogens is 1. The lowest BCUT2D eigenvalue weighted by Gasteiger charge is -2.18. The van der Waals surface area contributed by atoms with Gasteiger partial charge >= 0.3 is 6.18 Å². The number of hydrogen-bond donors (Lipinski definition) is 1. The van der Waals surface area contributed by atoms with Gasteiger partial charge in [0.1, 0.15) is 5.75 Å². The normalized spacial score (nSPS) is 12.2. The van der Waals surface area contributed by atoms with Crippen LogP contribution in [0, 0.1) is 5.41 Å². The van der Waals surface area contributed by atoms with Gasteiger partial charge in [0, 0.05) is 5.56 Å². The Morgan fingerprint density at radius 3 is 2.45 bits per heavy atom. The van der Waals surface area contributed by atoms with Crippen molar-refractivity contribution in [3.05, 3.63) is 54.1 Å². The molecule has 7 heteroatoms. The highest BCUT2D eigenvalue weighted by atomic mass is 32.1. The van der Waals surface area contributed by atoms with Gasteiger partial charge in [0.05, 0.1) is 22.7 Å². The fourth-order valence-electron chi connectivity index (χ4n) is 2.85. The van der Waals surface area contributed by atoms with Crippen LogP contribution in [0.5, 0.6) is 5.75 Å². The van der Waals surface area contributed by atoms with Gasteiger partial charge in [-0.1, -0.05) is 62.4 Å². The molecular weight excluding hydrogens is 397 g/mol. The van der Waals surface area contributed by atoms with E-state index >= 15 is 0 Å². The number of benzene rings is 2. The van der Waals surface area contributed by atoms with Gasteiger partial charge < -0.3 is 10.5 Å². The zero-order valence-electron chi connectivity index (χ0n) is 16.5. The minimum Gasteiger partial charge on any atom is -0.494 e. The molecule has 0 bridgehead atoms. The van der Waals surface area contributed by atoms with Gasteiger partial charge in [-0.15, -0.1) is 0 Å². The molecule has 3 rings (SSSR count). The quantitative estimate of drug-likeness (QED) is 0.489. The number of ether oxygens (including phenoxy) is 1. The Hall–Kier alpha value is -2.54. The lowest BCUT2D eigenvalue weighted by Crippen LogP contribution is -2.11. The fourth-order valence-corrected chi connectivity index (χ4v) is 3.70. The topological polar surface area (TPSA) is 48.1 Å². The molecule has 0 saturated heterocycles. The molecule has 154 valence electrons. The Balaban J connectivity index is 1.98. The maximum atomic E-state index is 13.5. The molecule has 0 amide bonds. The van der Waals surface area contributed by atoms with E-state index in [1.807, 2.05) is 24.3 Å². The van der Waals surface area contributed by atoms with Gasteiger partial charge in [0.15, 0.2) is 5.13 Å². The van der Waals surface area contributed by atoms with E-state index in [2.05, 4.69) is 25.8 Å². The van der Waals surface area contributed by atoms with Crippen molar-refractivity contribution in [3.63, 3.8) is 0 Å². The maximum absolute atomic E-state index is 13.5. The van der Waals surface area contributed by atoms with Crippen LogP contribution in [-0.2, 0) is 6.18 Å². The number of nitrogen functional groups attached to an aromatic ring is 1. The van der Waals surface area contributed by atoms with Gasteiger partial charge in [-0.25, -0.2) is 4.98 Å². The lowest BCUT2D eigenvalue weighted by atomic mass is 9.93. The monoisotopic (exact) mass is 420 g/mol. The van der Waals surface area contributed by atoms with Crippen LogP contribution in [0.1, 0.15) is 32.8 Å². The maximum Gasteiger partial charge on any atom is 0.417 e. The molecule has 2 N–H and O–H groups in total. The summed E-state index contributed by atoms with van der Waals surface area (Å²) in [5, 5.41) is 0.214. The van der Waals surface area contributed by atoms with Crippen molar-refractivity contribution in [2.75, 3.05) is 12.3 Å². The first-order valence-electron chi connectivity index (χ1n) is 9.21. The van der Waals surface area contributed by atoms with Crippen molar-refractivity contribution in [1.82, 2.24) is 4.98 Å². The molecule has 3 aromatic rings. The van der Waals surface area contributed by atoms with Gasteiger partial charge in [-0.3, -0.25) is 0 Å². The molecule has 3 nitrogen and oxygen atoms in total. The summed E-state index contributed by atoms with van der Waals surface area (Å²) in [7, 11) is 0. The largest absolute Gasteiger partial charge is 0.494 e. The van der Waals surface area contributed by atoms with Crippen molar-refractivity contribution >= 4 is 16.5 Å². The second kappa shape index (κ2) is 8.06. The van der Waals surface area contributed by atoms with E-state index in [-0.39, 0.29) is 21.8 Å². The highest BCUT2D eigenvalue weighted by Crippen LogP contribution is 2.43. The molecule has 0 aliphatic carbocycles. The number of hydrogen-bond acceptors (Lipinski definition) is 4. The van der Waals surface area contributed by atoms with Gasteiger partial charge in [0.2, 0.25) is 0 Å². The van der Waals surface area contributed by atoms with Crippen LogP contribution in [0.2, 0.25) is 0 Å². The molecule has 0 spiro atoms. The number of nitrogens with two attached hydrogens (primary N) is 1. The summed E-state index contributed by atoms with van der Waals surface area (Å²) in [4.78, 5) is 4.79. The van der Waals surface area contributed by atoms with Gasteiger partial charge in [-0.2, -0.15) is 13.2 Å². The molecule has 0 fully saturated rings. The van der Waals surface area contributed by atoms with Crippen LogP contribution < -0.4 is 10.5 Å². The average Bonchev–Trinajstić information content (AvgIpc) is 3.02. The van der Waals surface area contributed by atoms with Crippen LogP contribution in [0.15, 0.2) is 48.5 Å². The summed E-state index contributed by atoms with van der Waals surface area (Å²) in [6.45, 7) is 6.97. The number of halogens is 3. The summed E-state index contributed by atoms with van der Waals surface area (Å²) >= 11 is 1.16. The number of nitrogens with zero attached hydrogens (tertiary/aromatic N) is 1. The molecule has 1 heterocycles. The standard InChI is InChI=1S/C22H23F3N2OS/c1-21(2,3)11-12-28-15-8-6-7-14(13-15)19-18(27-20(26)29-19)16-9-4-5-10-17(16)22(23,24)25/h4-10,13H,11-12H2,1-3H3,(H2,26,27). The second-order valence-electron chi connectivity index (χ2n) is 7.96. The van der Waals surface area contributed by atoms with Crippen molar-refractivity contribution in [2.24, 2.45) is 5.41 Å². The molecule has 0 atom stereocenters. The van der Waals surface area contributed by atoms with Crippen molar-refractivity contribution in [2.45, 2.75) is 33.4 Å². The predicted octanol–water partition coefficient (Wildman–Crippen LogP) is 6.89. The first kappa shape index (κ1) is 21.2. The van der Waals surface area contributed by atoms with Crippen molar-refractivity contribution < 1.29 is 17.9 Å². The summed E-state index contributed by atoms with van der Waals surface area (Å²) in [5.41, 5.74) is 6.26. The third kappa shape index (κ3) is 5.29. The van der Waals surface area contributed by atoms with Crippen molar-refractivity contribution in [3.8, 4) is 27.4 Å². The van der Waals surface area contributed by atoms with E-state index in [0.717, 1.165) is 29.4 Å². The molecule has 0 unspecified atom stereocenters. The lowest BCUT2D eigenvalue weighted by molar-refractivity contribution is -0.137. The molecule has 1 aromatic heterocycles. The summed E-state index contributed by atoms with van der Waals surface area (Å²) in [6.07, 6.45) is -3.60. The summed E-state index contributed by atoms with van der Waals surface area (Å²) in [5.74, 6) is 0.661. The Morgan fingerprint density at radius 2 is 1.76 bits per heavy atom. The average molecular weight is 421 g/mol. The highest BCUT2D eigenvalue weighted by molar-refractivity contribution is 7.19. The molecule has 0 aliphatic heterocycles. The summed E-state index contributed by atoms with van der Waals surface area (Å²) < 4.78 is 46.3. The van der Waals surface area contributed by atoms with E-state index < -0.39 is 11.7 Å². The van der Waals surface area contributed by atoms with Crippen LogP contribution in [0.3, 0.4) is 0 Å². The van der Waals surface area contributed by atoms with Gasteiger partial charge in [-0.05, 0) is 35.6 Å². The number of alkyl halides is 3. The van der Waals surface area contributed by atoms with Crippen molar-refractivity contribution in [1.29, 1.82) is 0 Å². The molecule has 29 heavy (non-hydrogen) atoms. The minimum absolute atomic E-state index is 0.0157. The molecule has 0 saturated carbocycles. The minimum atomic E-state index is -4.48. The zero-order chi connectivity index (χ0) is 21.2. The van der Waals surface area contributed by atoms with E-state index in [1.54, 1.807) is 6.07 Å². The third-order valence-electron chi connectivity index (χ3n) is 4.35. The third-order valence-corrected chi connectivity index (χ3v) is 5.28. The number of rotatable bonds is 5. The smallest absolute Gasteiger partial charge is 0.417 e. The zero-order valence-corrected chi connectivity index (χ0v) is 17.3. The molecular formula is C22H23F3N2OS. The van der Waals surface area contributed by atoms with E-state index in [4.69, 9.17) is 10.5 Å². The number of thiazole rings is 1. The summed E-state index contributed by atoms with van der Waals surface area (Å²) in [6, 6.07) is 12.7. The Kier molecular flexibility index (Phi) is 5.89.